The van der Waals surface area contributed by atoms with Gasteiger partial charge in [-0.25, -0.2) is 5.43 Å². The summed E-state index contributed by atoms with van der Waals surface area (Å²) in [5, 5.41) is 0. The van der Waals surface area contributed by atoms with Crippen molar-refractivity contribution in [2.24, 2.45) is 5.84 Å². The molecule has 1 rings (SSSR count). The Morgan fingerprint density at radius 3 is 2.47 bits per heavy atom. The molecule has 0 aliphatic carbocycles. The summed E-state index contributed by atoms with van der Waals surface area (Å²) in [6.07, 6.45) is 6.44. The number of nitrogens with zero attached hydrogens (tertiary/aromatic N) is 1. The number of allylic oxidation sites excluding steroid dienone is 1. The van der Waals surface area contributed by atoms with Gasteiger partial charge >= 0.3 is 0 Å². The fraction of sp³-hybridized carbons (Fsp3) is 0.846. The minimum Gasteiger partial charge on any atom is -0.496 e. The van der Waals surface area contributed by atoms with Gasteiger partial charge in [0.15, 0.2) is 0 Å². The molecule has 0 fully saturated rings. The highest BCUT2D eigenvalue weighted by molar-refractivity contribution is 5.15. The zero-order valence-electron chi connectivity index (χ0n) is 11.6. The van der Waals surface area contributed by atoms with E-state index in [-0.39, 0.29) is 11.6 Å². The smallest absolute Gasteiger partial charge is 0.112 e. The Hall–Kier alpha value is -0.580. The van der Waals surface area contributed by atoms with Crippen LogP contribution >= 0.6 is 0 Å². The van der Waals surface area contributed by atoms with E-state index in [1.165, 1.54) is 0 Å². The molecule has 1 unspecified atom stereocenters. The van der Waals surface area contributed by atoms with E-state index in [2.05, 4.69) is 44.3 Å². The summed E-state index contributed by atoms with van der Waals surface area (Å²) in [6, 6.07) is 0.0628. The van der Waals surface area contributed by atoms with Crippen molar-refractivity contribution < 1.29 is 4.74 Å². The first-order valence-electron chi connectivity index (χ1n) is 6.58. The number of nitrogens with one attached hydrogen (secondary N) is 1. The van der Waals surface area contributed by atoms with Gasteiger partial charge in [0.2, 0.25) is 0 Å². The Bertz CT molecular complexity index is 259. The molecule has 0 spiro atoms. The summed E-state index contributed by atoms with van der Waals surface area (Å²) < 4.78 is 5.78. The van der Waals surface area contributed by atoms with E-state index in [0.717, 1.165) is 38.0 Å². The molecule has 0 bridgehead atoms. The highest BCUT2D eigenvalue weighted by Gasteiger charge is 2.40. The van der Waals surface area contributed by atoms with Crippen LogP contribution in [0.2, 0.25) is 0 Å². The van der Waals surface area contributed by atoms with Gasteiger partial charge in [-0.2, -0.15) is 0 Å². The summed E-state index contributed by atoms with van der Waals surface area (Å²) in [6.45, 7) is 5.22. The van der Waals surface area contributed by atoms with Gasteiger partial charge in [0, 0.05) is 5.54 Å². The third kappa shape index (κ3) is 2.81. The Kier molecular flexibility index (Phi) is 5.43. The molecule has 100 valence electrons. The maximum Gasteiger partial charge on any atom is 0.112 e. The van der Waals surface area contributed by atoms with E-state index >= 15 is 0 Å². The Balaban J connectivity index is 2.99. The molecular formula is C13H27N3O. The molecule has 17 heavy (non-hydrogen) atoms. The number of hydrazine groups is 1. The number of nitrogens with two attached hydrogens (primary N) is 1. The fourth-order valence-electron chi connectivity index (χ4n) is 2.83. The molecule has 0 amide bonds. The Morgan fingerprint density at radius 2 is 2.12 bits per heavy atom. The molecule has 0 saturated carbocycles. The van der Waals surface area contributed by atoms with E-state index in [4.69, 9.17) is 10.6 Å². The van der Waals surface area contributed by atoms with Crippen LogP contribution < -0.4 is 11.3 Å². The van der Waals surface area contributed by atoms with Crippen molar-refractivity contribution in [2.45, 2.75) is 51.1 Å². The average Bonchev–Trinajstić information content (AvgIpc) is 2.36. The van der Waals surface area contributed by atoms with Crippen LogP contribution in [0.15, 0.2) is 11.8 Å². The number of likely N-dealkylation sites (N-methyl/N-ethyl adjacent to an activating group) is 1. The molecule has 1 atom stereocenters. The van der Waals surface area contributed by atoms with Gasteiger partial charge < -0.3 is 9.64 Å². The van der Waals surface area contributed by atoms with Gasteiger partial charge in [0.1, 0.15) is 5.76 Å². The molecule has 0 aromatic heterocycles. The van der Waals surface area contributed by atoms with Crippen molar-refractivity contribution in [3.8, 4) is 0 Å². The molecule has 3 N–H and O–H groups in total. The topological polar surface area (TPSA) is 50.5 Å². The Morgan fingerprint density at radius 1 is 1.47 bits per heavy atom. The van der Waals surface area contributed by atoms with Crippen LogP contribution in [0.4, 0.5) is 0 Å². The number of hydrogen-bond donors (Lipinski definition) is 2. The van der Waals surface area contributed by atoms with Crippen molar-refractivity contribution in [3.63, 3.8) is 0 Å². The molecule has 1 aliphatic rings. The largest absolute Gasteiger partial charge is 0.496 e. The van der Waals surface area contributed by atoms with Crippen LogP contribution in [0, 0.1) is 0 Å². The van der Waals surface area contributed by atoms with Gasteiger partial charge in [-0.15, -0.1) is 0 Å². The molecular weight excluding hydrogens is 214 g/mol. The summed E-state index contributed by atoms with van der Waals surface area (Å²) >= 11 is 0. The van der Waals surface area contributed by atoms with Gasteiger partial charge in [-0.3, -0.25) is 5.84 Å². The predicted octanol–water partition coefficient (Wildman–Crippen LogP) is 1.63. The second-order valence-corrected chi connectivity index (χ2v) is 4.90. The van der Waals surface area contributed by atoms with Crippen LogP contribution in [0.5, 0.6) is 0 Å². The maximum atomic E-state index is 5.78. The third-order valence-electron chi connectivity index (χ3n) is 4.07. The second-order valence-electron chi connectivity index (χ2n) is 4.90. The van der Waals surface area contributed by atoms with Crippen LogP contribution in [0.1, 0.15) is 39.5 Å². The van der Waals surface area contributed by atoms with Crippen molar-refractivity contribution in [1.29, 1.82) is 0 Å². The van der Waals surface area contributed by atoms with E-state index < -0.39 is 0 Å². The van der Waals surface area contributed by atoms with E-state index in [0.29, 0.717) is 0 Å². The SMILES string of the molecule is CCC(CC)(C(NN)C1=CCCCO1)N(C)C. The average molecular weight is 241 g/mol. The van der Waals surface area contributed by atoms with Gasteiger partial charge in [0.05, 0.1) is 12.6 Å². The van der Waals surface area contributed by atoms with Crippen LogP contribution in [-0.4, -0.2) is 37.2 Å². The van der Waals surface area contributed by atoms with Crippen LogP contribution in [-0.2, 0) is 4.74 Å². The van der Waals surface area contributed by atoms with Crippen LogP contribution in [0.25, 0.3) is 0 Å². The number of rotatable bonds is 6. The number of hydrogen-bond acceptors (Lipinski definition) is 4. The van der Waals surface area contributed by atoms with Gasteiger partial charge in [0.25, 0.3) is 0 Å². The molecule has 4 nitrogen and oxygen atoms in total. The highest BCUT2D eigenvalue weighted by Crippen LogP contribution is 2.31. The van der Waals surface area contributed by atoms with Gasteiger partial charge in [-0.1, -0.05) is 13.8 Å². The molecule has 1 heterocycles. The zero-order valence-corrected chi connectivity index (χ0v) is 11.6. The molecule has 0 aromatic carbocycles. The lowest BCUT2D eigenvalue weighted by Crippen LogP contribution is -2.61. The molecule has 1 aliphatic heterocycles. The van der Waals surface area contributed by atoms with E-state index in [1.807, 2.05) is 0 Å². The third-order valence-corrected chi connectivity index (χ3v) is 4.07. The first-order chi connectivity index (χ1) is 8.12. The summed E-state index contributed by atoms with van der Waals surface area (Å²) in [7, 11) is 4.22. The minimum atomic E-state index is 0.0118. The fourth-order valence-corrected chi connectivity index (χ4v) is 2.83. The van der Waals surface area contributed by atoms with Crippen molar-refractivity contribution in [3.05, 3.63) is 11.8 Å². The zero-order chi connectivity index (χ0) is 12.9. The molecule has 0 aromatic rings. The van der Waals surface area contributed by atoms with E-state index in [9.17, 15) is 0 Å². The first kappa shape index (κ1) is 14.5. The maximum absolute atomic E-state index is 5.78. The molecule has 4 heteroatoms. The minimum absolute atomic E-state index is 0.0118. The molecule has 0 saturated heterocycles. The van der Waals surface area contributed by atoms with Crippen LogP contribution in [0.3, 0.4) is 0 Å². The van der Waals surface area contributed by atoms with Crippen molar-refractivity contribution in [1.82, 2.24) is 10.3 Å². The summed E-state index contributed by atoms with van der Waals surface area (Å²) in [5.74, 6) is 6.79. The van der Waals surface area contributed by atoms with Crippen molar-refractivity contribution >= 4 is 0 Å². The number of ether oxygens (including phenoxy) is 1. The Labute approximate surface area is 105 Å². The monoisotopic (exact) mass is 241 g/mol. The lowest BCUT2D eigenvalue weighted by Gasteiger charge is -2.45. The van der Waals surface area contributed by atoms with Crippen molar-refractivity contribution in [2.75, 3.05) is 20.7 Å². The summed E-state index contributed by atoms with van der Waals surface area (Å²) in [4.78, 5) is 2.26. The normalized spacial score (nSPS) is 18.8. The standard InChI is InChI=1S/C13H27N3O/c1-5-13(6-2,16(3)4)12(15-14)11-9-7-8-10-17-11/h9,12,15H,5-8,10,14H2,1-4H3. The quantitative estimate of drug-likeness (QED) is 0.548. The lowest BCUT2D eigenvalue weighted by atomic mass is 9.82. The lowest BCUT2D eigenvalue weighted by molar-refractivity contribution is 0.0604. The summed E-state index contributed by atoms with van der Waals surface area (Å²) in [5.41, 5.74) is 2.97. The highest BCUT2D eigenvalue weighted by atomic mass is 16.5. The first-order valence-corrected chi connectivity index (χ1v) is 6.58. The molecule has 0 radical (unpaired) electrons. The van der Waals surface area contributed by atoms with E-state index in [1.54, 1.807) is 0 Å². The second kappa shape index (κ2) is 6.38. The predicted molar refractivity (Wildman–Crippen MR) is 71.4 cm³/mol. The van der Waals surface area contributed by atoms with Gasteiger partial charge in [-0.05, 0) is 45.9 Å².